The van der Waals surface area contributed by atoms with Crippen molar-refractivity contribution >= 4 is 17.1 Å². The molecule has 0 bridgehead atoms. The van der Waals surface area contributed by atoms with E-state index in [1.807, 2.05) is 22.7 Å². The first kappa shape index (κ1) is 9.49. The minimum absolute atomic E-state index is 0.299. The molecule has 0 aliphatic carbocycles. The third kappa shape index (κ3) is 1.38. The van der Waals surface area contributed by atoms with Crippen LogP contribution < -0.4 is 5.73 Å². The number of hydrogen-bond donors (Lipinski definition) is 1. The smallest absolute Gasteiger partial charge is 0.155 e. The highest BCUT2D eigenvalue weighted by Gasteiger charge is 2.11. The van der Waals surface area contributed by atoms with E-state index < -0.39 is 0 Å². The summed E-state index contributed by atoms with van der Waals surface area (Å²) in [5, 5.41) is 0.543. The number of imidazole rings is 1. The Labute approximate surface area is 87.5 Å². The van der Waals surface area contributed by atoms with Crippen molar-refractivity contribution in [2.24, 2.45) is 5.73 Å². The Morgan fingerprint density at radius 3 is 3.14 bits per heavy atom. The molecule has 0 aromatic carbocycles. The van der Waals surface area contributed by atoms with Crippen molar-refractivity contribution < 1.29 is 0 Å². The molecule has 1 unspecified atom stereocenters. The number of pyridine rings is 1. The van der Waals surface area contributed by atoms with Crippen LogP contribution in [-0.4, -0.2) is 15.9 Å². The van der Waals surface area contributed by atoms with Crippen LogP contribution >= 0.6 is 11.6 Å². The fourth-order valence-corrected chi connectivity index (χ4v) is 1.81. The topological polar surface area (TPSA) is 43.3 Å². The predicted molar refractivity (Wildman–Crippen MR) is 57.7 cm³/mol. The summed E-state index contributed by atoms with van der Waals surface area (Å²) in [5.41, 5.74) is 7.76. The van der Waals surface area contributed by atoms with E-state index >= 15 is 0 Å². The largest absolute Gasteiger partial charge is 0.330 e. The number of fused-ring (bicyclic) bond motifs is 1. The van der Waals surface area contributed by atoms with Crippen molar-refractivity contribution in [3.63, 3.8) is 0 Å². The first-order chi connectivity index (χ1) is 6.74. The van der Waals surface area contributed by atoms with Gasteiger partial charge in [-0.05, 0) is 24.1 Å². The summed E-state index contributed by atoms with van der Waals surface area (Å²) in [6.45, 7) is 2.69. The Morgan fingerprint density at radius 1 is 1.64 bits per heavy atom. The monoisotopic (exact) mass is 209 g/mol. The Hall–Kier alpha value is -1.06. The SMILES string of the molecule is CC(CN)c1cccn2cnc(Cl)c12. The zero-order chi connectivity index (χ0) is 10.1. The molecule has 0 saturated heterocycles. The van der Waals surface area contributed by atoms with Gasteiger partial charge < -0.3 is 10.1 Å². The van der Waals surface area contributed by atoms with E-state index in [9.17, 15) is 0 Å². The summed E-state index contributed by atoms with van der Waals surface area (Å²) in [7, 11) is 0. The van der Waals surface area contributed by atoms with Crippen molar-refractivity contribution in [2.45, 2.75) is 12.8 Å². The maximum atomic E-state index is 6.01. The molecule has 0 radical (unpaired) electrons. The van der Waals surface area contributed by atoms with Gasteiger partial charge in [0.25, 0.3) is 0 Å². The van der Waals surface area contributed by atoms with E-state index in [1.54, 1.807) is 6.33 Å². The molecular weight excluding hydrogens is 198 g/mol. The summed E-state index contributed by atoms with van der Waals surface area (Å²) in [6.07, 6.45) is 3.64. The summed E-state index contributed by atoms with van der Waals surface area (Å²) in [5.74, 6) is 0.299. The number of hydrogen-bond acceptors (Lipinski definition) is 2. The molecule has 0 spiro atoms. The molecule has 14 heavy (non-hydrogen) atoms. The Bertz CT molecular complexity index is 450. The molecule has 4 heteroatoms. The number of aromatic nitrogens is 2. The lowest BCUT2D eigenvalue weighted by molar-refractivity contribution is 0.776. The quantitative estimate of drug-likeness (QED) is 0.823. The summed E-state index contributed by atoms with van der Waals surface area (Å²) in [4.78, 5) is 4.06. The molecule has 2 aromatic rings. The van der Waals surface area contributed by atoms with Crippen molar-refractivity contribution in [3.05, 3.63) is 35.4 Å². The molecule has 0 fully saturated rings. The maximum absolute atomic E-state index is 6.01. The van der Waals surface area contributed by atoms with E-state index in [1.165, 1.54) is 0 Å². The highest BCUT2D eigenvalue weighted by Crippen LogP contribution is 2.25. The second-order valence-corrected chi connectivity index (χ2v) is 3.75. The summed E-state index contributed by atoms with van der Waals surface area (Å²) >= 11 is 6.01. The molecule has 2 aromatic heterocycles. The van der Waals surface area contributed by atoms with Crippen LogP contribution in [0.1, 0.15) is 18.4 Å². The molecule has 2 rings (SSSR count). The molecule has 2 N–H and O–H groups in total. The highest BCUT2D eigenvalue weighted by atomic mass is 35.5. The van der Waals surface area contributed by atoms with Gasteiger partial charge in [0.1, 0.15) is 6.33 Å². The molecular formula is C10H12ClN3. The third-order valence-corrected chi connectivity index (χ3v) is 2.71. The average molecular weight is 210 g/mol. The van der Waals surface area contributed by atoms with Gasteiger partial charge in [0.15, 0.2) is 5.15 Å². The third-order valence-electron chi connectivity index (χ3n) is 2.43. The van der Waals surface area contributed by atoms with Crippen LogP contribution in [0.4, 0.5) is 0 Å². The van der Waals surface area contributed by atoms with E-state index in [4.69, 9.17) is 17.3 Å². The fourth-order valence-electron chi connectivity index (χ4n) is 1.56. The van der Waals surface area contributed by atoms with Gasteiger partial charge in [-0.25, -0.2) is 4.98 Å². The van der Waals surface area contributed by atoms with Gasteiger partial charge in [-0.1, -0.05) is 24.6 Å². The van der Waals surface area contributed by atoms with E-state index in [-0.39, 0.29) is 0 Å². The van der Waals surface area contributed by atoms with Gasteiger partial charge in [-0.3, -0.25) is 0 Å². The lowest BCUT2D eigenvalue weighted by Gasteiger charge is -2.10. The molecule has 0 saturated carbocycles. The Morgan fingerprint density at radius 2 is 2.43 bits per heavy atom. The van der Waals surface area contributed by atoms with Crippen LogP contribution in [0.15, 0.2) is 24.7 Å². The molecule has 1 atom stereocenters. The molecule has 3 nitrogen and oxygen atoms in total. The van der Waals surface area contributed by atoms with E-state index in [0.29, 0.717) is 17.6 Å². The van der Waals surface area contributed by atoms with Crippen LogP contribution in [0, 0.1) is 0 Å². The molecule has 0 aliphatic rings. The zero-order valence-corrected chi connectivity index (χ0v) is 8.70. The number of rotatable bonds is 2. The van der Waals surface area contributed by atoms with Crippen molar-refractivity contribution in [2.75, 3.05) is 6.54 Å². The second-order valence-electron chi connectivity index (χ2n) is 3.39. The van der Waals surface area contributed by atoms with Crippen molar-refractivity contribution in [1.29, 1.82) is 0 Å². The lowest BCUT2D eigenvalue weighted by Crippen LogP contribution is -2.09. The number of nitrogens with zero attached hydrogens (tertiary/aromatic N) is 2. The van der Waals surface area contributed by atoms with Gasteiger partial charge >= 0.3 is 0 Å². The molecule has 2 heterocycles. The summed E-state index contributed by atoms with van der Waals surface area (Å²) in [6, 6.07) is 4.02. The normalized spacial score (nSPS) is 13.4. The lowest BCUT2D eigenvalue weighted by atomic mass is 10.0. The standard InChI is InChI=1S/C10H12ClN3/c1-7(5-12)8-3-2-4-14-6-13-10(11)9(8)14/h2-4,6-7H,5,12H2,1H3. The molecule has 0 aliphatic heterocycles. The Kier molecular flexibility index (Phi) is 2.44. The van der Waals surface area contributed by atoms with E-state index in [2.05, 4.69) is 11.9 Å². The zero-order valence-electron chi connectivity index (χ0n) is 7.94. The van der Waals surface area contributed by atoms with Gasteiger partial charge in [-0.15, -0.1) is 0 Å². The van der Waals surface area contributed by atoms with E-state index in [0.717, 1.165) is 11.1 Å². The van der Waals surface area contributed by atoms with Crippen LogP contribution in [0.25, 0.3) is 5.52 Å². The number of nitrogens with two attached hydrogens (primary N) is 1. The average Bonchev–Trinajstić information content (AvgIpc) is 2.59. The van der Waals surface area contributed by atoms with Crippen molar-refractivity contribution in [1.82, 2.24) is 9.38 Å². The van der Waals surface area contributed by atoms with Crippen LogP contribution in [0.2, 0.25) is 5.15 Å². The molecule has 74 valence electrons. The van der Waals surface area contributed by atoms with Gasteiger partial charge in [-0.2, -0.15) is 0 Å². The number of halogens is 1. The second kappa shape index (κ2) is 3.59. The van der Waals surface area contributed by atoms with Gasteiger partial charge in [0, 0.05) is 6.20 Å². The van der Waals surface area contributed by atoms with Crippen LogP contribution in [-0.2, 0) is 0 Å². The maximum Gasteiger partial charge on any atom is 0.155 e. The Balaban J connectivity index is 2.69. The minimum atomic E-state index is 0.299. The van der Waals surface area contributed by atoms with Crippen LogP contribution in [0.5, 0.6) is 0 Å². The van der Waals surface area contributed by atoms with Crippen molar-refractivity contribution in [3.8, 4) is 0 Å². The first-order valence-corrected chi connectivity index (χ1v) is 4.93. The molecule has 0 amide bonds. The fraction of sp³-hybridized carbons (Fsp3) is 0.300. The predicted octanol–water partition coefficient (Wildman–Crippen LogP) is 2.05. The minimum Gasteiger partial charge on any atom is -0.330 e. The first-order valence-electron chi connectivity index (χ1n) is 4.55. The summed E-state index contributed by atoms with van der Waals surface area (Å²) < 4.78 is 1.92. The van der Waals surface area contributed by atoms with Crippen LogP contribution in [0.3, 0.4) is 0 Å². The van der Waals surface area contributed by atoms with Gasteiger partial charge in [0.05, 0.1) is 5.52 Å². The highest BCUT2D eigenvalue weighted by molar-refractivity contribution is 6.32. The van der Waals surface area contributed by atoms with Gasteiger partial charge in [0.2, 0.25) is 0 Å².